The molecule has 3 heteroatoms. The van der Waals surface area contributed by atoms with Crippen LogP contribution in [0.1, 0.15) is 39.3 Å². The Hall–Kier alpha value is -1.38. The molecule has 0 aliphatic heterocycles. The molecule has 1 aromatic rings. The van der Waals surface area contributed by atoms with Crippen LogP contribution in [0.25, 0.3) is 6.08 Å². The number of aromatic nitrogens is 2. The topological polar surface area (TPSA) is 34.9 Å². The average molecular weight is 192 g/mol. The Morgan fingerprint density at radius 1 is 1.50 bits per heavy atom. The summed E-state index contributed by atoms with van der Waals surface area (Å²) in [5, 5.41) is 4.19. The molecule has 1 rings (SSSR count). The second kappa shape index (κ2) is 4.22. The van der Waals surface area contributed by atoms with Gasteiger partial charge in [0.2, 0.25) is 0 Å². The van der Waals surface area contributed by atoms with Crippen molar-refractivity contribution in [2.75, 3.05) is 0 Å². The summed E-state index contributed by atoms with van der Waals surface area (Å²) >= 11 is 0. The smallest absolute Gasteiger partial charge is 0.155 e. The van der Waals surface area contributed by atoms with E-state index in [0.717, 1.165) is 11.1 Å². The van der Waals surface area contributed by atoms with Crippen LogP contribution in [0.4, 0.5) is 0 Å². The third-order valence-corrected chi connectivity index (χ3v) is 2.09. The van der Waals surface area contributed by atoms with E-state index in [4.69, 9.17) is 0 Å². The lowest BCUT2D eigenvalue weighted by molar-refractivity contribution is -0.113. The number of carbonyl (C=O) groups excluding carboxylic acids is 1. The van der Waals surface area contributed by atoms with E-state index < -0.39 is 0 Å². The molecular weight excluding hydrogens is 176 g/mol. The van der Waals surface area contributed by atoms with Gasteiger partial charge in [0, 0.05) is 17.8 Å². The van der Waals surface area contributed by atoms with Crippen LogP contribution < -0.4 is 0 Å². The summed E-state index contributed by atoms with van der Waals surface area (Å²) in [4.78, 5) is 11.0. The van der Waals surface area contributed by atoms with E-state index in [1.165, 1.54) is 0 Å². The lowest BCUT2D eigenvalue weighted by Crippen LogP contribution is -1.99. The molecule has 3 nitrogen and oxygen atoms in total. The Morgan fingerprint density at radius 2 is 2.14 bits per heavy atom. The molecule has 0 spiro atoms. The van der Waals surface area contributed by atoms with Gasteiger partial charge < -0.3 is 0 Å². The maximum absolute atomic E-state index is 11.0. The first kappa shape index (κ1) is 10.7. The van der Waals surface area contributed by atoms with Gasteiger partial charge in [0.05, 0.1) is 6.20 Å². The van der Waals surface area contributed by atoms with Crippen LogP contribution in [0.2, 0.25) is 0 Å². The van der Waals surface area contributed by atoms with E-state index in [1.807, 2.05) is 23.9 Å². The van der Waals surface area contributed by atoms with E-state index >= 15 is 0 Å². The largest absolute Gasteiger partial charge is 0.295 e. The van der Waals surface area contributed by atoms with Crippen molar-refractivity contribution in [1.29, 1.82) is 0 Å². The zero-order valence-electron chi connectivity index (χ0n) is 9.11. The van der Waals surface area contributed by atoms with E-state index in [2.05, 4.69) is 18.9 Å². The van der Waals surface area contributed by atoms with Gasteiger partial charge in [0.15, 0.2) is 5.78 Å². The fourth-order valence-corrected chi connectivity index (χ4v) is 1.06. The average Bonchev–Trinajstić information content (AvgIpc) is 2.52. The molecule has 0 saturated heterocycles. The summed E-state index contributed by atoms with van der Waals surface area (Å²) in [5.74, 6) is 0.0993. The molecule has 0 radical (unpaired) electrons. The summed E-state index contributed by atoms with van der Waals surface area (Å²) in [5.41, 5.74) is 1.74. The molecule has 0 aliphatic carbocycles. The summed E-state index contributed by atoms with van der Waals surface area (Å²) in [6.07, 6.45) is 5.57. The minimum absolute atomic E-state index is 0.0993. The molecule has 0 bridgehead atoms. The fourth-order valence-electron chi connectivity index (χ4n) is 1.06. The van der Waals surface area contributed by atoms with Crippen molar-refractivity contribution in [3.63, 3.8) is 0 Å². The van der Waals surface area contributed by atoms with Crippen LogP contribution in [-0.4, -0.2) is 15.6 Å². The number of Topliss-reactive ketones (excluding diaryl/α,β-unsaturated/α-hetero) is 1. The van der Waals surface area contributed by atoms with Gasteiger partial charge in [0.1, 0.15) is 0 Å². The highest BCUT2D eigenvalue weighted by Gasteiger charge is 2.01. The third kappa shape index (κ3) is 2.55. The molecule has 0 amide bonds. The lowest BCUT2D eigenvalue weighted by Gasteiger charge is -2.02. The number of ketones is 1. The molecule has 0 aromatic carbocycles. The first-order valence-electron chi connectivity index (χ1n) is 4.74. The second-order valence-electron chi connectivity index (χ2n) is 3.73. The SMILES string of the molecule is CC(=O)/C(C)=C\c1cnn(C(C)C)c1. The van der Waals surface area contributed by atoms with E-state index in [9.17, 15) is 4.79 Å². The molecule has 1 heterocycles. The number of hydrogen-bond donors (Lipinski definition) is 0. The van der Waals surface area contributed by atoms with Crippen molar-refractivity contribution >= 4 is 11.9 Å². The Morgan fingerprint density at radius 3 is 2.57 bits per heavy atom. The quantitative estimate of drug-likeness (QED) is 0.689. The first-order chi connectivity index (χ1) is 6.50. The van der Waals surface area contributed by atoms with Crippen LogP contribution >= 0.6 is 0 Å². The Balaban J connectivity index is 2.88. The highest BCUT2D eigenvalue weighted by atomic mass is 16.1. The summed E-state index contributed by atoms with van der Waals surface area (Å²) in [7, 11) is 0. The van der Waals surface area contributed by atoms with Crippen LogP contribution in [0, 0.1) is 0 Å². The molecule has 0 saturated carbocycles. The number of rotatable bonds is 3. The van der Waals surface area contributed by atoms with Crippen LogP contribution in [-0.2, 0) is 4.79 Å². The van der Waals surface area contributed by atoms with Gasteiger partial charge in [-0.3, -0.25) is 9.48 Å². The fraction of sp³-hybridized carbons (Fsp3) is 0.455. The van der Waals surface area contributed by atoms with Crippen molar-refractivity contribution in [2.24, 2.45) is 0 Å². The molecule has 0 unspecified atom stereocenters. The summed E-state index contributed by atoms with van der Waals surface area (Å²) in [6.45, 7) is 7.52. The van der Waals surface area contributed by atoms with Crippen LogP contribution in [0.15, 0.2) is 18.0 Å². The highest BCUT2D eigenvalue weighted by Crippen LogP contribution is 2.09. The maximum atomic E-state index is 11.0. The van der Waals surface area contributed by atoms with Gasteiger partial charge in [-0.2, -0.15) is 5.10 Å². The number of hydrogen-bond acceptors (Lipinski definition) is 2. The predicted molar refractivity (Wildman–Crippen MR) is 56.9 cm³/mol. The summed E-state index contributed by atoms with van der Waals surface area (Å²) < 4.78 is 1.87. The summed E-state index contributed by atoms with van der Waals surface area (Å²) in [6, 6.07) is 0.356. The van der Waals surface area contributed by atoms with Gasteiger partial charge in [-0.15, -0.1) is 0 Å². The molecule has 0 aliphatic rings. The van der Waals surface area contributed by atoms with Crippen LogP contribution in [0.3, 0.4) is 0 Å². The van der Waals surface area contributed by atoms with Gasteiger partial charge in [-0.1, -0.05) is 0 Å². The third-order valence-electron chi connectivity index (χ3n) is 2.09. The van der Waals surface area contributed by atoms with Gasteiger partial charge >= 0.3 is 0 Å². The van der Waals surface area contributed by atoms with Crippen molar-refractivity contribution in [1.82, 2.24) is 9.78 Å². The molecule has 76 valence electrons. The first-order valence-corrected chi connectivity index (χ1v) is 4.74. The molecule has 14 heavy (non-hydrogen) atoms. The van der Waals surface area contributed by atoms with Gasteiger partial charge in [0.25, 0.3) is 0 Å². The normalized spacial score (nSPS) is 12.2. The van der Waals surface area contributed by atoms with E-state index in [1.54, 1.807) is 13.1 Å². The second-order valence-corrected chi connectivity index (χ2v) is 3.73. The minimum atomic E-state index is 0.0993. The van der Waals surface area contributed by atoms with Crippen molar-refractivity contribution in [3.05, 3.63) is 23.5 Å². The zero-order valence-corrected chi connectivity index (χ0v) is 9.11. The Bertz CT molecular complexity index is 361. The molecular formula is C11H16N2O. The van der Waals surface area contributed by atoms with Gasteiger partial charge in [-0.25, -0.2) is 0 Å². The van der Waals surface area contributed by atoms with E-state index in [-0.39, 0.29) is 5.78 Å². The van der Waals surface area contributed by atoms with Gasteiger partial charge in [-0.05, 0) is 39.3 Å². The number of allylic oxidation sites excluding steroid dienone is 1. The standard InChI is InChI=1S/C11H16N2O/c1-8(2)13-7-11(6-12-13)5-9(3)10(4)14/h5-8H,1-4H3/b9-5-. The van der Waals surface area contributed by atoms with Crippen molar-refractivity contribution in [2.45, 2.75) is 33.7 Å². The van der Waals surface area contributed by atoms with Crippen LogP contribution in [0.5, 0.6) is 0 Å². The predicted octanol–water partition coefficient (Wildman–Crippen LogP) is 2.46. The maximum Gasteiger partial charge on any atom is 0.155 e. The molecule has 0 atom stereocenters. The Labute approximate surface area is 84.4 Å². The Kier molecular flexibility index (Phi) is 3.23. The molecule has 0 N–H and O–H groups in total. The highest BCUT2D eigenvalue weighted by molar-refractivity contribution is 5.96. The minimum Gasteiger partial charge on any atom is -0.295 e. The lowest BCUT2D eigenvalue weighted by atomic mass is 10.1. The molecule has 0 fully saturated rings. The van der Waals surface area contributed by atoms with Crippen molar-refractivity contribution < 1.29 is 4.79 Å². The molecule has 1 aromatic heterocycles. The monoisotopic (exact) mass is 192 g/mol. The zero-order chi connectivity index (χ0) is 10.7. The van der Waals surface area contributed by atoms with Crippen molar-refractivity contribution in [3.8, 4) is 0 Å². The number of nitrogens with zero attached hydrogens (tertiary/aromatic N) is 2. The van der Waals surface area contributed by atoms with E-state index in [0.29, 0.717) is 6.04 Å². The number of carbonyl (C=O) groups is 1.